The number of piperidine rings is 1. The van der Waals surface area contributed by atoms with E-state index in [9.17, 15) is 17.6 Å². The van der Waals surface area contributed by atoms with Gasteiger partial charge in [-0.1, -0.05) is 18.2 Å². The lowest BCUT2D eigenvalue weighted by Gasteiger charge is -2.31. The fraction of sp³-hybridized carbons (Fsp3) is 0.435. The van der Waals surface area contributed by atoms with Crippen molar-refractivity contribution in [2.24, 2.45) is 5.92 Å². The van der Waals surface area contributed by atoms with E-state index in [1.165, 1.54) is 16.4 Å². The Morgan fingerprint density at radius 1 is 1.16 bits per heavy atom. The molecule has 1 amide bonds. The van der Waals surface area contributed by atoms with Gasteiger partial charge in [0.05, 0.1) is 18.0 Å². The highest BCUT2D eigenvalue weighted by molar-refractivity contribution is 7.89. The van der Waals surface area contributed by atoms with Crippen molar-refractivity contribution in [2.75, 3.05) is 40.8 Å². The van der Waals surface area contributed by atoms with Crippen molar-refractivity contribution in [1.82, 2.24) is 14.5 Å². The topological polar surface area (TPSA) is 79.0 Å². The Kier molecular flexibility index (Phi) is 7.86. The SMILES string of the molecule is COc1ccccc1[C@H](CNC(=O)C1CCN(S(=O)(=O)c2ccc(F)cc2)CC1)N(C)C. The minimum Gasteiger partial charge on any atom is -0.496 e. The monoisotopic (exact) mass is 463 g/mol. The smallest absolute Gasteiger partial charge is 0.243 e. The van der Waals surface area contributed by atoms with Crippen LogP contribution in [0.4, 0.5) is 4.39 Å². The van der Waals surface area contributed by atoms with Gasteiger partial charge in [-0.15, -0.1) is 0 Å². The van der Waals surface area contributed by atoms with Crippen molar-refractivity contribution in [3.8, 4) is 5.75 Å². The van der Waals surface area contributed by atoms with E-state index in [0.29, 0.717) is 19.4 Å². The molecule has 0 unspecified atom stereocenters. The molecule has 9 heteroatoms. The van der Waals surface area contributed by atoms with Crippen LogP contribution in [0.1, 0.15) is 24.4 Å². The van der Waals surface area contributed by atoms with E-state index in [1.54, 1.807) is 7.11 Å². The lowest BCUT2D eigenvalue weighted by molar-refractivity contribution is -0.126. The molecule has 174 valence electrons. The van der Waals surface area contributed by atoms with Crippen molar-refractivity contribution in [3.05, 3.63) is 59.9 Å². The third-order valence-electron chi connectivity index (χ3n) is 5.87. The highest BCUT2D eigenvalue weighted by atomic mass is 32.2. The van der Waals surface area contributed by atoms with Gasteiger partial charge in [0.15, 0.2) is 0 Å². The third kappa shape index (κ3) is 5.46. The van der Waals surface area contributed by atoms with E-state index >= 15 is 0 Å². The molecule has 0 spiro atoms. The number of nitrogens with one attached hydrogen (secondary N) is 1. The van der Waals surface area contributed by atoms with Gasteiger partial charge in [-0.05, 0) is 57.3 Å². The predicted octanol–water partition coefficient (Wildman–Crippen LogP) is 2.65. The summed E-state index contributed by atoms with van der Waals surface area (Å²) >= 11 is 0. The molecule has 0 saturated carbocycles. The molecule has 1 atom stereocenters. The highest BCUT2D eigenvalue weighted by Crippen LogP contribution is 2.28. The minimum atomic E-state index is -3.69. The van der Waals surface area contributed by atoms with Gasteiger partial charge >= 0.3 is 0 Å². The largest absolute Gasteiger partial charge is 0.496 e. The summed E-state index contributed by atoms with van der Waals surface area (Å²) in [5.74, 6) is -0.0519. The van der Waals surface area contributed by atoms with Crippen LogP contribution in [0, 0.1) is 11.7 Å². The molecule has 1 fully saturated rings. The predicted molar refractivity (Wildman–Crippen MR) is 120 cm³/mol. The van der Waals surface area contributed by atoms with Gasteiger partial charge in [-0.25, -0.2) is 12.8 Å². The molecule has 1 saturated heterocycles. The number of nitrogens with zero attached hydrogens (tertiary/aromatic N) is 2. The first-order valence-electron chi connectivity index (χ1n) is 10.6. The average Bonchev–Trinajstić information content (AvgIpc) is 2.79. The molecule has 2 aromatic rings. The first-order chi connectivity index (χ1) is 15.2. The zero-order valence-corrected chi connectivity index (χ0v) is 19.4. The van der Waals surface area contributed by atoms with E-state index in [1.807, 2.05) is 43.3 Å². The number of halogens is 1. The number of rotatable bonds is 8. The highest BCUT2D eigenvalue weighted by Gasteiger charge is 2.32. The van der Waals surface area contributed by atoms with Crippen molar-refractivity contribution in [1.29, 1.82) is 0 Å². The molecule has 32 heavy (non-hydrogen) atoms. The Hall–Kier alpha value is -2.49. The van der Waals surface area contributed by atoms with Gasteiger partial charge in [0.25, 0.3) is 0 Å². The van der Waals surface area contributed by atoms with E-state index in [2.05, 4.69) is 5.32 Å². The Morgan fingerprint density at radius 3 is 2.38 bits per heavy atom. The number of methoxy groups -OCH3 is 1. The Morgan fingerprint density at radius 2 is 1.78 bits per heavy atom. The summed E-state index contributed by atoms with van der Waals surface area (Å²) in [4.78, 5) is 14.9. The zero-order valence-electron chi connectivity index (χ0n) is 18.6. The summed E-state index contributed by atoms with van der Waals surface area (Å²) in [7, 11) is 1.82. The van der Waals surface area contributed by atoms with Gasteiger partial charge < -0.3 is 15.0 Å². The molecule has 0 radical (unpaired) electrons. The third-order valence-corrected chi connectivity index (χ3v) is 7.78. The average molecular weight is 464 g/mol. The van der Waals surface area contributed by atoms with Crippen LogP contribution in [-0.4, -0.2) is 64.4 Å². The van der Waals surface area contributed by atoms with Crippen molar-refractivity contribution in [2.45, 2.75) is 23.8 Å². The van der Waals surface area contributed by atoms with Crippen molar-refractivity contribution < 1.29 is 22.3 Å². The van der Waals surface area contributed by atoms with Crippen LogP contribution in [0.3, 0.4) is 0 Å². The quantitative estimate of drug-likeness (QED) is 0.651. The fourth-order valence-corrected chi connectivity index (χ4v) is 5.44. The number of sulfonamides is 1. The molecule has 2 aromatic carbocycles. The number of carbonyl (C=O) groups excluding carboxylic acids is 1. The van der Waals surface area contributed by atoms with E-state index in [0.717, 1.165) is 23.4 Å². The molecular weight excluding hydrogens is 433 g/mol. The minimum absolute atomic E-state index is 0.0611. The first-order valence-corrected chi connectivity index (χ1v) is 12.0. The van der Waals surface area contributed by atoms with Crippen LogP contribution in [-0.2, 0) is 14.8 Å². The van der Waals surface area contributed by atoms with Crippen molar-refractivity contribution >= 4 is 15.9 Å². The fourth-order valence-electron chi connectivity index (χ4n) is 3.97. The summed E-state index contributed by atoms with van der Waals surface area (Å²) < 4.78 is 45.5. The first kappa shape index (κ1) is 24.2. The molecule has 0 bridgehead atoms. The van der Waals surface area contributed by atoms with Gasteiger partial charge in [0, 0.05) is 31.1 Å². The van der Waals surface area contributed by atoms with Crippen LogP contribution < -0.4 is 10.1 Å². The molecule has 0 aromatic heterocycles. The Labute approximate surface area is 189 Å². The van der Waals surface area contributed by atoms with Crippen LogP contribution >= 0.6 is 0 Å². The number of likely N-dealkylation sites (N-methyl/N-ethyl adjacent to an activating group) is 1. The maximum absolute atomic E-state index is 13.1. The molecule has 7 nitrogen and oxygen atoms in total. The lowest BCUT2D eigenvalue weighted by atomic mass is 9.97. The molecule has 1 heterocycles. The zero-order chi connectivity index (χ0) is 23.3. The number of ether oxygens (including phenoxy) is 1. The van der Waals surface area contributed by atoms with E-state index in [-0.39, 0.29) is 35.9 Å². The maximum atomic E-state index is 13.1. The van der Waals surface area contributed by atoms with Gasteiger partial charge in [0.2, 0.25) is 15.9 Å². The van der Waals surface area contributed by atoms with Crippen LogP contribution in [0.5, 0.6) is 5.75 Å². The molecule has 0 aliphatic carbocycles. The molecule has 1 aliphatic heterocycles. The summed E-state index contributed by atoms with van der Waals surface area (Å²) in [5, 5.41) is 3.03. The van der Waals surface area contributed by atoms with Crippen LogP contribution in [0.2, 0.25) is 0 Å². The summed E-state index contributed by atoms with van der Waals surface area (Å²) in [5.41, 5.74) is 0.987. The number of amides is 1. The van der Waals surface area contributed by atoms with Gasteiger partial charge in [-0.3, -0.25) is 4.79 Å². The molecule has 1 aliphatic rings. The second-order valence-corrected chi connectivity index (χ2v) is 10.0. The summed E-state index contributed by atoms with van der Waals surface area (Å²) in [6.45, 7) is 0.920. The Bertz CT molecular complexity index is 1020. The lowest BCUT2D eigenvalue weighted by Crippen LogP contribution is -2.44. The van der Waals surface area contributed by atoms with E-state index < -0.39 is 15.8 Å². The maximum Gasteiger partial charge on any atom is 0.243 e. The number of para-hydroxylation sites is 1. The second-order valence-electron chi connectivity index (χ2n) is 8.10. The number of carbonyl (C=O) groups is 1. The molecule has 1 N–H and O–H groups in total. The van der Waals surface area contributed by atoms with Crippen LogP contribution in [0.15, 0.2) is 53.4 Å². The molecule has 3 rings (SSSR count). The number of hydrogen-bond acceptors (Lipinski definition) is 5. The summed E-state index contributed by atoms with van der Waals surface area (Å²) in [6.07, 6.45) is 0.876. The number of benzene rings is 2. The standard InChI is InChI=1S/C23H30FN3O4S/c1-26(2)21(20-6-4-5-7-22(20)31-3)16-25-23(28)17-12-14-27(15-13-17)32(29,30)19-10-8-18(24)9-11-19/h4-11,17,21H,12-16H2,1-3H3,(H,25,28)/t21-/m0/s1. The van der Waals surface area contributed by atoms with Gasteiger partial charge in [-0.2, -0.15) is 4.31 Å². The number of hydrogen-bond donors (Lipinski definition) is 1. The molecular formula is C23H30FN3O4S. The van der Waals surface area contributed by atoms with Crippen LogP contribution in [0.25, 0.3) is 0 Å². The summed E-state index contributed by atoms with van der Waals surface area (Å²) in [6, 6.07) is 12.5. The van der Waals surface area contributed by atoms with Crippen molar-refractivity contribution in [3.63, 3.8) is 0 Å². The second kappa shape index (κ2) is 10.4. The van der Waals surface area contributed by atoms with Gasteiger partial charge in [0.1, 0.15) is 11.6 Å². The van der Waals surface area contributed by atoms with E-state index in [4.69, 9.17) is 4.74 Å². The Balaban J connectivity index is 1.58. The normalized spacial score (nSPS) is 16.7.